The molecular formula is C18H22N6S. The molecule has 2 aromatic heterocycles. The third-order valence-corrected chi connectivity index (χ3v) is 5.10. The van der Waals surface area contributed by atoms with Crippen molar-refractivity contribution < 1.29 is 0 Å². The SMILES string of the molecule is Cc1ccsc1CN(C)[C@@H](C)c1nc(N)nc(Nc2ccccc2)n1. The zero-order valence-corrected chi connectivity index (χ0v) is 15.4. The minimum absolute atomic E-state index is 0.0168. The number of hydrogen-bond acceptors (Lipinski definition) is 7. The van der Waals surface area contributed by atoms with Crippen LogP contribution in [0.3, 0.4) is 0 Å². The summed E-state index contributed by atoms with van der Waals surface area (Å²) in [5.41, 5.74) is 8.11. The summed E-state index contributed by atoms with van der Waals surface area (Å²) < 4.78 is 0. The van der Waals surface area contributed by atoms with Crippen molar-refractivity contribution in [2.24, 2.45) is 0 Å². The quantitative estimate of drug-likeness (QED) is 0.701. The molecule has 1 atom stereocenters. The lowest BCUT2D eigenvalue weighted by Gasteiger charge is -2.23. The molecule has 0 aliphatic heterocycles. The first-order valence-electron chi connectivity index (χ1n) is 8.09. The molecular weight excluding hydrogens is 332 g/mol. The van der Waals surface area contributed by atoms with Gasteiger partial charge < -0.3 is 11.1 Å². The van der Waals surface area contributed by atoms with Gasteiger partial charge in [-0.25, -0.2) is 0 Å². The van der Waals surface area contributed by atoms with Crippen LogP contribution in [0.2, 0.25) is 0 Å². The number of anilines is 3. The Bertz CT molecular complexity index is 833. The molecule has 25 heavy (non-hydrogen) atoms. The maximum absolute atomic E-state index is 5.89. The Morgan fingerprint density at radius 2 is 1.92 bits per heavy atom. The van der Waals surface area contributed by atoms with Crippen molar-refractivity contribution in [3.8, 4) is 0 Å². The number of hydrogen-bond donors (Lipinski definition) is 2. The number of aryl methyl sites for hydroxylation is 1. The van der Waals surface area contributed by atoms with Gasteiger partial charge in [-0.15, -0.1) is 11.3 Å². The summed E-state index contributed by atoms with van der Waals surface area (Å²) in [6.07, 6.45) is 0. The zero-order valence-electron chi connectivity index (χ0n) is 14.6. The van der Waals surface area contributed by atoms with Crippen LogP contribution in [-0.4, -0.2) is 26.9 Å². The lowest BCUT2D eigenvalue weighted by Crippen LogP contribution is -2.24. The molecule has 0 amide bonds. The van der Waals surface area contributed by atoms with Crippen molar-refractivity contribution in [2.45, 2.75) is 26.4 Å². The normalized spacial score (nSPS) is 12.3. The highest BCUT2D eigenvalue weighted by atomic mass is 32.1. The molecule has 1 aromatic carbocycles. The second-order valence-electron chi connectivity index (χ2n) is 5.98. The van der Waals surface area contributed by atoms with Crippen LogP contribution >= 0.6 is 11.3 Å². The maximum Gasteiger partial charge on any atom is 0.232 e. The number of thiophene rings is 1. The average Bonchev–Trinajstić information content (AvgIpc) is 2.99. The minimum Gasteiger partial charge on any atom is -0.368 e. The molecule has 0 aliphatic rings. The summed E-state index contributed by atoms with van der Waals surface area (Å²) in [7, 11) is 2.06. The molecule has 3 rings (SSSR count). The second kappa shape index (κ2) is 7.58. The number of nitrogens with one attached hydrogen (secondary N) is 1. The molecule has 3 aromatic rings. The van der Waals surface area contributed by atoms with E-state index in [4.69, 9.17) is 5.73 Å². The molecule has 0 bridgehead atoms. The largest absolute Gasteiger partial charge is 0.368 e. The predicted octanol–water partition coefficient (Wildman–Crippen LogP) is 3.76. The Morgan fingerprint density at radius 3 is 2.60 bits per heavy atom. The van der Waals surface area contributed by atoms with Crippen LogP contribution in [0.15, 0.2) is 41.8 Å². The second-order valence-corrected chi connectivity index (χ2v) is 6.98. The zero-order chi connectivity index (χ0) is 17.8. The van der Waals surface area contributed by atoms with E-state index in [9.17, 15) is 0 Å². The number of rotatable bonds is 6. The smallest absolute Gasteiger partial charge is 0.232 e. The van der Waals surface area contributed by atoms with Crippen LogP contribution in [0.25, 0.3) is 0 Å². The van der Waals surface area contributed by atoms with Crippen LogP contribution in [0, 0.1) is 6.92 Å². The van der Waals surface area contributed by atoms with E-state index in [1.807, 2.05) is 30.3 Å². The number of nitrogens with two attached hydrogens (primary N) is 1. The van der Waals surface area contributed by atoms with Crippen LogP contribution in [0.5, 0.6) is 0 Å². The van der Waals surface area contributed by atoms with Gasteiger partial charge in [0.05, 0.1) is 6.04 Å². The molecule has 3 N–H and O–H groups in total. The molecule has 0 spiro atoms. The molecule has 0 saturated carbocycles. The first-order chi connectivity index (χ1) is 12.0. The first kappa shape index (κ1) is 17.3. The third-order valence-electron chi connectivity index (χ3n) is 4.10. The molecule has 0 unspecified atom stereocenters. The molecule has 0 fully saturated rings. The summed E-state index contributed by atoms with van der Waals surface area (Å²) in [5.74, 6) is 1.33. The van der Waals surface area contributed by atoms with Crippen molar-refractivity contribution in [3.63, 3.8) is 0 Å². The molecule has 0 aliphatic carbocycles. The maximum atomic E-state index is 5.89. The van der Waals surface area contributed by atoms with E-state index in [0.717, 1.165) is 12.2 Å². The Balaban J connectivity index is 1.77. The Labute approximate surface area is 151 Å². The highest BCUT2D eigenvalue weighted by Gasteiger charge is 2.18. The summed E-state index contributed by atoms with van der Waals surface area (Å²) in [5, 5.41) is 5.29. The summed E-state index contributed by atoms with van der Waals surface area (Å²) >= 11 is 1.77. The van der Waals surface area contributed by atoms with E-state index in [0.29, 0.717) is 11.8 Å². The molecule has 0 saturated heterocycles. The Morgan fingerprint density at radius 1 is 1.16 bits per heavy atom. The van der Waals surface area contributed by atoms with Gasteiger partial charge in [0.15, 0.2) is 5.82 Å². The average molecular weight is 354 g/mol. The van der Waals surface area contributed by atoms with Crippen LogP contribution in [0.1, 0.15) is 29.2 Å². The van der Waals surface area contributed by atoms with Gasteiger partial charge in [-0.05, 0) is 50.0 Å². The van der Waals surface area contributed by atoms with Crippen molar-refractivity contribution in [3.05, 3.63) is 58.0 Å². The minimum atomic E-state index is 0.0168. The van der Waals surface area contributed by atoms with Gasteiger partial charge in [-0.2, -0.15) is 15.0 Å². The highest BCUT2D eigenvalue weighted by Crippen LogP contribution is 2.23. The Hall–Kier alpha value is -2.51. The van der Waals surface area contributed by atoms with Gasteiger partial charge in [0.2, 0.25) is 11.9 Å². The number of benzene rings is 1. The van der Waals surface area contributed by atoms with Gasteiger partial charge in [0.25, 0.3) is 0 Å². The van der Waals surface area contributed by atoms with Crippen molar-refractivity contribution in [2.75, 3.05) is 18.1 Å². The van der Waals surface area contributed by atoms with E-state index < -0.39 is 0 Å². The number of nitrogen functional groups attached to an aromatic ring is 1. The molecule has 0 radical (unpaired) electrons. The number of nitrogens with zero attached hydrogens (tertiary/aromatic N) is 4. The van der Waals surface area contributed by atoms with E-state index >= 15 is 0 Å². The van der Waals surface area contributed by atoms with Crippen LogP contribution in [0.4, 0.5) is 17.6 Å². The summed E-state index contributed by atoms with van der Waals surface area (Å²) in [4.78, 5) is 16.6. The van der Waals surface area contributed by atoms with Crippen LogP contribution in [-0.2, 0) is 6.54 Å². The van der Waals surface area contributed by atoms with Crippen LogP contribution < -0.4 is 11.1 Å². The van der Waals surface area contributed by atoms with Gasteiger partial charge in [0, 0.05) is 17.1 Å². The molecule has 2 heterocycles. The lowest BCUT2D eigenvalue weighted by molar-refractivity contribution is 0.245. The lowest BCUT2D eigenvalue weighted by atomic mass is 10.2. The van der Waals surface area contributed by atoms with E-state index in [2.05, 4.69) is 57.5 Å². The van der Waals surface area contributed by atoms with Gasteiger partial charge in [0.1, 0.15) is 0 Å². The summed E-state index contributed by atoms with van der Waals surface area (Å²) in [6.45, 7) is 5.05. The molecule has 6 nitrogen and oxygen atoms in total. The fraction of sp³-hybridized carbons (Fsp3) is 0.278. The summed E-state index contributed by atoms with van der Waals surface area (Å²) in [6, 6.07) is 11.9. The van der Waals surface area contributed by atoms with E-state index in [-0.39, 0.29) is 12.0 Å². The van der Waals surface area contributed by atoms with Gasteiger partial charge in [-0.1, -0.05) is 18.2 Å². The third kappa shape index (κ3) is 4.32. The topological polar surface area (TPSA) is 80.0 Å². The van der Waals surface area contributed by atoms with E-state index in [1.165, 1.54) is 10.4 Å². The van der Waals surface area contributed by atoms with Crippen molar-refractivity contribution in [1.82, 2.24) is 19.9 Å². The van der Waals surface area contributed by atoms with Crippen molar-refractivity contribution >= 4 is 28.9 Å². The first-order valence-corrected chi connectivity index (χ1v) is 8.97. The standard InChI is InChI=1S/C18H22N6S/c1-12-9-10-25-15(12)11-24(3)13(2)16-21-17(19)23-18(22-16)20-14-7-5-4-6-8-14/h4-10,13H,11H2,1-3H3,(H3,19,20,21,22,23)/t13-/m0/s1. The molecule has 7 heteroatoms. The number of para-hydroxylation sites is 1. The Kier molecular flexibility index (Phi) is 5.25. The fourth-order valence-corrected chi connectivity index (χ4v) is 3.40. The van der Waals surface area contributed by atoms with Gasteiger partial charge >= 0.3 is 0 Å². The highest BCUT2D eigenvalue weighted by molar-refractivity contribution is 7.10. The van der Waals surface area contributed by atoms with E-state index in [1.54, 1.807) is 11.3 Å². The number of aromatic nitrogens is 3. The van der Waals surface area contributed by atoms with Crippen molar-refractivity contribution in [1.29, 1.82) is 0 Å². The van der Waals surface area contributed by atoms with Gasteiger partial charge in [-0.3, -0.25) is 4.90 Å². The fourth-order valence-electron chi connectivity index (χ4n) is 2.43. The molecule has 130 valence electrons. The monoisotopic (exact) mass is 354 g/mol. The predicted molar refractivity (Wildman–Crippen MR) is 103 cm³/mol.